The number of alkyl halides is 3. The molecular weight excluding hydrogens is 481 g/mol. The topological polar surface area (TPSA) is 121 Å². The smallest absolute Gasteiger partial charge is 0.489 e. The third-order valence-electron chi connectivity index (χ3n) is 4.52. The second-order valence-electron chi connectivity index (χ2n) is 7.35. The Morgan fingerprint density at radius 3 is 2.11 bits per heavy atom. The van der Waals surface area contributed by atoms with Crippen molar-refractivity contribution < 1.29 is 42.1 Å². The van der Waals surface area contributed by atoms with E-state index in [2.05, 4.69) is 4.98 Å². The van der Waals surface area contributed by atoms with Crippen molar-refractivity contribution in [3.8, 4) is 11.6 Å². The van der Waals surface area contributed by atoms with Crippen LogP contribution in [-0.2, 0) is 22.6 Å². The lowest BCUT2D eigenvalue weighted by atomic mass is 10.1. The normalized spacial score (nSPS) is 11.5. The molecule has 11 heteroatoms. The zero-order chi connectivity index (χ0) is 26.6. The number of nitrogens with two attached hydrogens (primary N) is 1. The number of rotatable bonds is 9. The van der Waals surface area contributed by atoms with E-state index in [1.165, 1.54) is 19.4 Å². The minimum atomic E-state index is -5.08. The summed E-state index contributed by atoms with van der Waals surface area (Å²) in [7, 11) is 1.48. The molecular formula is C25H25F3N2O6. The number of ether oxygens (including phenoxy) is 3. The lowest BCUT2D eigenvalue weighted by molar-refractivity contribution is -0.192. The maximum atomic E-state index is 12.6. The number of methoxy groups -OCH3 is 1. The number of nitrogens with zero attached hydrogens (tertiary/aromatic N) is 1. The van der Waals surface area contributed by atoms with Crippen LogP contribution in [0.4, 0.5) is 13.2 Å². The van der Waals surface area contributed by atoms with E-state index in [-0.39, 0.29) is 24.8 Å². The summed E-state index contributed by atoms with van der Waals surface area (Å²) in [5.41, 5.74) is 8.46. The Labute approximate surface area is 205 Å². The molecule has 0 bridgehead atoms. The number of halogens is 3. The minimum Gasteiger partial charge on any atom is -0.489 e. The highest BCUT2D eigenvalue weighted by atomic mass is 19.4. The van der Waals surface area contributed by atoms with Gasteiger partial charge in [0.05, 0.1) is 13.3 Å². The zero-order valence-electron chi connectivity index (χ0n) is 19.3. The van der Waals surface area contributed by atoms with Crippen LogP contribution in [-0.4, -0.2) is 48.0 Å². The maximum absolute atomic E-state index is 12.6. The predicted molar refractivity (Wildman–Crippen MR) is 124 cm³/mol. The van der Waals surface area contributed by atoms with Gasteiger partial charge in [0, 0.05) is 12.1 Å². The highest BCUT2D eigenvalue weighted by Crippen LogP contribution is 2.23. The number of hydrogen-bond acceptors (Lipinski definition) is 7. The Bertz CT molecular complexity index is 1110. The second-order valence-corrected chi connectivity index (χ2v) is 7.35. The lowest BCUT2D eigenvalue weighted by Gasteiger charge is -2.16. The molecule has 0 aliphatic heterocycles. The van der Waals surface area contributed by atoms with Crippen LogP contribution in [0.15, 0.2) is 72.9 Å². The zero-order valence-corrected chi connectivity index (χ0v) is 19.3. The summed E-state index contributed by atoms with van der Waals surface area (Å²) in [6.07, 6.45) is -2.97. The Kier molecular flexibility index (Phi) is 10.7. The summed E-state index contributed by atoms with van der Waals surface area (Å²) in [4.78, 5) is 25.6. The molecule has 0 saturated heterocycles. The van der Waals surface area contributed by atoms with E-state index in [1.807, 2.05) is 60.7 Å². The van der Waals surface area contributed by atoms with Crippen molar-refractivity contribution in [2.45, 2.75) is 25.2 Å². The molecule has 0 aliphatic carbocycles. The summed E-state index contributed by atoms with van der Waals surface area (Å²) >= 11 is 0. The summed E-state index contributed by atoms with van der Waals surface area (Å²) < 4.78 is 48.1. The first-order valence-electron chi connectivity index (χ1n) is 10.6. The van der Waals surface area contributed by atoms with Gasteiger partial charge in [-0.25, -0.2) is 14.6 Å². The average molecular weight is 506 g/mol. The van der Waals surface area contributed by atoms with Gasteiger partial charge >= 0.3 is 18.1 Å². The molecule has 3 N–H and O–H groups in total. The summed E-state index contributed by atoms with van der Waals surface area (Å²) in [5.74, 6) is -2.65. The lowest BCUT2D eigenvalue weighted by Crippen LogP contribution is -2.30. The molecule has 1 unspecified atom stereocenters. The average Bonchev–Trinajstić information content (AvgIpc) is 2.87. The standard InChI is InChI=1S/C23H24N2O4.C2HF3O2/c1-27-22-13-20(23(26)29-15-18-10-6-3-7-11-18)21(14-25-22)28-16-19(24)12-17-8-4-2-5-9-17;3-2(4,5)1(6)7/h2-11,13-14,19H,12,15-16,24H2,1H3;(H,6,7). The molecule has 1 aromatic heterocycles. The van der Waals surface area contributed by atoms with Gasteiger partial charge in [-0.1, -0.05) is 60.7 Å². The van der Waals surface area contributed by atoms with E-state index in [4.69, 9.17) is 29.8 Å². The fourth-order valence-electron chi connectivity index (χ4n) is 2.78. The van der Waals surface area contributed by atoms with Crippen LogP contribution in [0.5, 0.6) is 11.6 Å². The molecule has 0 radical (unpaired) electrons. The van der Waals surface area contributed by atoms with Crippen molar-refractivity contribution in [2.24, 2.45) is 5.73 Å². The van der Waals surface area contributed by atoms with Gasteiger partial charge in [0.1, 0.15) is 18.8 Å². The Morgan fingerprint density at radius 1 is 1.03 bits per heavy atom. The third kappa shape index (κ3) is 9.63. The van der Waals surface area contributed by atoms with E-state index in [9.17, 15) is 18.0 Å². The predicted octanol–water partition coefficient (Wildman–Crippen LogP) is 4.03. The number of hydrogen-bond donors (Lipinski definition) is 2. The van der Waals surface area contributed by atoms with E-state index in [0.29, 0.717) is 18.1 Å². The molecule has 1 heterocycles. The Morgan fingerprint density at radius 2 is 1.58 bits per heavy atom. The first-order chi connectivity index (χ1) is 17.1. The van der Waals surface area contributed by atoms with Gasteiger partial charge in [0.2, 0.25) is 5.88 Å². The van der Waals surface area contributed by atoms with Crippen LogP contribution >= 0.6 is 0 Å². The van der Waals surface area contributed by atoms with Crippen molar-refractivity contribution in [1.82, 2.24) is 4.98 Å². The number of carboxylic acids is 1. The van der Waals surface area contributed by atoms with Crippen LogP contribution < -0.4 is 15.2 Å². The fraction of sp³-hybridized carbons (Fsp3) is 0.240. The number of pyridine rings is 1. The molecule has 3 rings (SSSR count). The van der Waals surface area contributed by atoms with Gasteiger partial charge in [0.25, 0.3) is 0 Å². The van der Waals surface area contributed by atoms with Crippen LogP contribution in [0, 0.1) is 0 Å². The Balaban J connectivity index is 0.000000572. The number of carboxylic acid groups (broad SMARTS) is 1. The first kappa shape index (κ1) is 28.1. The van der Waals surface area contributed by atoms with Gasteiger partial charge < -0.3 is 25.1 Å². The summed E-state index contributed by atoms with van der Waals surface area (Å²) in [6.45, 7) is 0.402. The largest absolute Gasteiger partial charge is 0.490 e. The highest BCUT2D eigenvalue weighted by molar-refractivity contribution is 5.92. The van der Waals surface area contributed by atoms with Crippen molar-refractivity contribution in [1.29, 1.82) is 0 Å². The second kappa shape index (κ2) is 13.7. The fourth-order valence-corrected chi connectivity index (χ4v) is 2.78. The SMILES string of the molecule is COc1cc(C(=O)OCc2ccccc2)c(OCC(N)Cc2ccccc2)cn1.O=C(O)C(F)(F)F. The molecule has 0 aliphatic rings. The molecule has 0 fully saturated rings. The molecule has 8 nitrogen and oxygen atoms in total. The molecule has 0 spiro atoms. The van der Waals surface area contributed by atoms with Gasteiger partial charge in [-0.2, -0.15) is 13.2 Å². The van der Waals surface area contributed by atoms with E-state index in [1.54, 1.807) is 0 Å². The van der Waals surface area contributed by atoms with Gasteiger partial charge in [-0.05, 0) is 17.5 Å². The number of carbonyl (C=O) groups excluding carboxylic acids is 1. The van der Waals surface area contributed by atoms with Crippen LogP contribution in [0.2, 0.25) is 0 Å². The quantitative estimate of drug-likeness (QED) is 0.418. The van der Waals surface area contributed by atoms with Crippen molar-refractivity contribution >= 4 is 11.9 Å². The van der Waals surface area contributed by atoms with Gasteiger partial charge in [-0.3, -0.25) is 0 Å². The minimum absolute atomic E-state index is 0.164. The monoisotopic (exact) mass is 506 g/mol. The summed E-state index contributed by atoms with van der Waals surface area (Å²) in [5, 5.41) is 7.12. The molecule has 2 aromatic carbocycles. The van der Waals surface area contributed by atoms with Crippen molar-refractivity contribution in [3.63, 3.8) is 0 Å². The van der Waals surface area contributed by atoms with Crippen LogP contribution in [0.1, 0.15) is 21.5 Å². The summed E-state index contributed by atoms with van der Waals surface area (Å²) in [6, 6.07) is 20.7. The van der Waals surface area contributed by atoms with Crippen molar-refractivity contribution in [2.75, 3.05) is 13.7 Å². The van der Waals surface area contributed by atoms with E-state index in [0.717, 1.165) is 11.1 Å². The van der Waals surface area contributed by atoms with Crippen LogP contribution in [0.3, 0.4) is 0 Å². The van der Waals surface area contributed by atoms with E-state index >= 15 is 0 Å². The number of aromatic nitrogens is 1. The van der Waals surface area contributed by atoms with Gasteiger partial charge in [-0.15, -0.1) is 0 Å². The maximum Gasteiger partial charge on any atom is 0.490 e. The number of esters is 1. The van der Waals surface area contributed by atoms with E-state index < -0.39 is 18.1 Å². The molecule has 3 aromatic rings. The highest BCUT2D eigenvalue weighted by Gasteiger charge is 2.38. The Hall–Kier alpha value is -4.12. The molecule has 36 heavy (non-hydrogen) atoms. The van der Waals surface area contributed by atoms with Crippen molar-refractivity contribution in [3.05, 3.63) is 89.6 Å². The number of carbonyl (C=O) groups is 2. The number of aliphatic carboxylic acids is 1. The molecule has 192 valence electrons. The first-order valence-corrected chi connectivity index (χ1v) is 10.6. The third-order valence-corrected chi connectivity index (χ3v) is 4.52. The molecule has 0 amide bonds. The van der Waals surface area contributed by atoms with Crippen LogP contribution in [0.25, 0.3) is 0 Å². The number of benzene rings is 2. The molecule has 0 saturated carbocycles. The van der Waals surface area contributed by atoms with Gasteiger partial charge in [0.15, 0.2) is 5.75 Å². The molecule has 1 atom stereocenters.